The van der Waals surface area contributed by atoms with Crippen LogP contribution in [0.2, 0.25) is 0 Å². The largest absolute Gasteiger partial charge is 0.467 e. The monoisotopic (exact) mass is 573 g/mol. The molecule has 8 nitrogen and oxygen atoms in total. The first-order valence-electron chi connectivity index (χ1n) is 15.9. The standard InChI is InChI=1S/C30H51N5O3.C3H8/c1-9-23(7)27(29(37)38-8)33-30-32-25-13-12-24(20-26(25)35(30)17-11-16-31-10-2)28(36)34(18-14-21(3)4)19-15-22(5)6;1-3-2/h12-13,20-23,27,31H,9-11,14-19H2,1-8H3,(H,32,33);3H2,1-2H3. The maximum Gasteiger partial charge on any atom is 0.328 e. The van der Waals surface area contributed by atoms with Crippen molar-refractivity contribution in [2.24, 2.45) is 17.8 Å². The molecule has 234 valence electrons. The molecule has 0 spiro atoms. The number of amides is 1. The Hall–Kier alpha value is -2.61. The summed E-state index contributed by atoms with van der Waals surface area (Å²) in [5.41, 5.74) is 2.38. The minimum atomic E-state index is -0.502. The third-order valence-corrected chi connectivity index (χ3v) is 7.17. The molecule has 0 aliphatic heterocycles. The minimum absolute atomic E-state index is 0.0650. The van der Waals surface area contributed by atoms with E-state index in [1.54, 1.807) is 0 Å². The molecule has 2 N–H and O–H groups in total. The molecular formula is C33H59N5O3. The molecule has 1 amide bonds. The predicted molar refractivity (Wildman–Crippen MR) is 173 cm³/mol. The van der Waals surface area contributed by atoms with E-state index >= 15 is 0 Å². The molecule has 0 radical (unpaired) electrons. The third kappa shape index (κ3) is 12.0. The molecule has 0 saturated carbocycles. The van der Waals surface area contributed by atoms with Crippen LogP contribution in [-0.2, 0) is 16.1 Å². The van der Waals surface area contributed by atoms with E-state index in [2.05, 4.69) is 70.6 Å². The van der Waals surface area contributed by atoms with Crippen molar-refractivity contribution in [3.8, 4) is 0 Å². The lowest BCUT2D eigenvalue weighted by Gasteiger charge is -2.25. The smallest absolute Gasteiger partial charge is 0.328 e. The van der Waals surface area contributed by atoms with Gasteiger partial charge in [-0.15, -0.1) is 0 Å². The summed E-state index contributed by atoms with van der Waals surface area (Å²) in [6.07, 6.45) is 4.93. The number of nitrogens with one attached hydrogen (secondary N) is 2. The third-order valence-electron chi connectivity index (χ3n) is 7.17. The predicted octanol–water partition coefficient (Wildman–Crippen LogP) is 6.99. The molecule has 2 unspecified atom stereocenters. The first kappa shape index (κ1) is 36.4. The molecule has 0 aliphatic carbocycles. The lowest BCUT2D eigenvalue weighted by Crippen LogP contribution is -2.37. The molecule has 0 aliphatic rings. The van der Waals surface area contributed by atoms with Crippen LogP contribution in [0.5, 0.6) is 0 Å². The number of rotatable bonds is 17. The Morgan fingerprint density at radius 3 is 2.12 bits per heavy atom. The van der Waals surface area contributed by atoms with Crippen LogP contribution in [0.15, 0.2) is 18.2 Å². The summed E-state index contributed by atoms with van der Waals surface area (Å²) in [6, 6.07) is 5.28. The number of anilines is 1. The summed E-state index contributed by atoms with van der Waals surface area (Å²) >= 11 is 0. The number of hydrogen-bond donors (Lipinski definition) is 2. The fourth-order valence-electron chi connectivity index (χ4n) is 4.39. The fraction of sp³-hybridized carbons (Fsp3) is 0.727. The summed E-state index contributed by atoms with van der Waals surface area (Å²) in [6.45, 7) is 23.2. The molecule has 2 rings (SSSR count). The highest BCUT2D eigenvalue weighted by atomic mass is 16.5. The summed E-state index contributed by atoms with van der Waals surface area (Å²) in [5, 5.41) is 6.75. The number of aryl methyl sites for hydroxylation is 1. The van der Waals surface area contributed by atoms with Gasteiger partial charge in [0.05, 0.1) is 18.1 Å². The van der Waals surface area contributed by atoms with Gasteiger partial charge in [-0.05, 0) is 68.3 Å². The zero-order valence-electron chi connectivity index (χ0n) is 27.7. The molecule has 1 heterocycles. The highest BCUT2D eigenvalue weighted by Crippen LogP contribution is 2.25. The van der Waals surface area contributed by atoms with Crippen molar-refractivity contribution < 1.29 is 14.3 Å². The number of ether oxygens (including phenoxy) is 1. The van der Waals surface area contributed by atoms with Crippen molar-refractivity contribution in [1.29, 1.82) is 0 Å². The van der Waals surface area contributed by atoms with Gasteiger partial charge in [0.15, 0.2) is 0 Å². The number of aromatic nitrogens is 2. The van der Waals surface area contributed by atoms with Crippen molar-refractivity contribution in [3.63, 3.8) is 0 Å². The van der Waals surface area contributed by atoms with Crippen LogP contribution in [-0.4, -0.2) is 65.7 Å². The van der Waals surface area contributed by atoms with Gasteiger partial charge < -0.3 is 24.8 Å². The summed E-state index contributed by atoms with van der Waals surface area (Å²) in [7, 11) is 1.42. The van der Waals surface area contributed by atoms with E-state index in [-0.39, 0.29) is 17.8 Å². The van der Waals surface area contributed by atoms with Gasteiger partial charge in [0.2, 0.25) is 5.95 Å². The Morgan fingerprint density at radius 2 is 1.61 bits per heavy atom. The van der Waals surface area contributed by atoms with E-state index in [1.165, 1.54) is 13.5 Å². The summed E-state index contributed by atoms with van der Waals surface area (Å²) in [5.74, 6) is 1.54. The first-order chi connectivity index (χ1) is 19.5. The van der Waals surface area contributed by atoms with E-state index in [0.29, 0.717) is 29.9 Å². The lowest BCUT2D eigenvalue weighted by atomic mass is 9.99. The Balaban J connectivity index is 0.00000268. The average Bonchev–Trinajstić information content (AvgIpc) is 3.29. The van der Waals surface area contributed by atoms with Crippen molar-refractivity contribution in [3.05, 3.63) is 23.8 Å². The van der Waals surface area contributed by atoms with Crippen LogP contribution >= 0.6 is 0 Å². The van der Waals surface area contributed by atoms with Crippen molar-refractivity contribution in [1.82, 2.24) is 19.8 Å². The van der Waals surface area contributed by atoms with Crippen molar-refractivity contribution in [2.45, 2.75) is 107 Å². The number of esters is 1. The van der Waals surface area contributed by atoms with E-state index in [0.717, 1.165) is 62.9 Å². The Kier molecular flexibility index (Phi) is 17.3. The number of nitrogens with zero attached hydrogens (tertiary/aromatic N) is 3. The van der Waals surface area contributed by atoms with Gasteiger partial charge in [0.25, 0.3) is 5.91 Å². The van der Waals surface area contributed by atoms with E-state index in [9.17, 15) is 9.59 Å². The summed E-state index contributed by atoms with van der Waals surface area (Å²) in [4.78, 5) is 33.1. The molecule has 1 aromatic heterocycles. The van der Waals surface area contributed by atoms with E-state index < -0.39 is 6.04 Å². The van der Waals surface area contributed by atoms with Gasteiger partial charge in [-0.2, -0.15) is 0 Å². The fourth-order valence-corrected chi connectivity index (χ4v) is 4.39. The van der Waals surface area contributed by atoms with Gasteiger partial charge in [-0.3, -0.25) is 4.79 Å². The number of benzene rings is 1. The first-order valence-corrected chi connectivity index (χ1v) is 15.9. The quantitative estimate of drug-likeness (QED) is 0.157. The Morgan fingerprint density at radius 1 is 1.00 bits per heavy atom. The second-order valence-electron chi connectivity index (χ2n) is 11.9. The molecule has 1 aromatic carbocycles. The molecule has 41 heavy (non-hydrogen) atoms. The molecular weight excluding hydrogens is 514 g/mol. The molecule has 2 atom stereocenters. The van der Waals surface area contributed by atoms with Crippen molar-refractivity contribution >= 4 is 28.9 Å². The van der Waals surface area contributed by atoms with Crippen LogP contribution in [0, 0.1) is 17.8 Å². The van der Waals surface area contributed by atoms with Gasteiger partial charge in [-0.1, -0.05) is 75.2 Å². The van der Waals surface area contributed by atoms with E-state index in [1.807, 2.05) is 30.0 Å². The molecule has 0 saturated heterocycles. The molecule has 0 fully saturated rings. The van der Waals surface area contributed by atoms with Gasteiger partial charge >= 0.3 is 5.97 Å². The van der Waals surface area contributed by atoms with Gasteiger partial charge in [0.1, 0.15) is 6.04 Å². The molecule has 2 aromatic rings. The number of carbonyl (C=O) groups is 2. The number of imidazole rings is 1. The SMILES string of the molecule is CCC.CCNCCCn1c(NC(C(=O)OC)C(C)CC)nc2ccc(C(=O)N(CCC(C)C)CCC(C)C)cc21. The van der Waals surface area contributed by atoms with E-state index in [4.69, 9.17) is 9.72 Å². The Labute approximate surface area is 250 Å². The van der Waals surface area contributed by atoms with Gasteiger partial charge in [0, 0.05) is 25.2 Å². The second kappa shape index (κ2) is 19.5. The number of fused-ring (bicyclic) bond motifs is 1. The van der Waals surface area contributed by atoms with Gasteiger partial charge in [-0.25, -0.2) is 9.78 Å². The maximum atomic E-state index is 13.7. The van der Waals surface area contributed by atoms with Crippen LogP contribution in [0.1, 0.15) is 105 Å². The zero-order chi connectivity index (χ0) is 30.9. The number of hydrogen-bond acceptors (Lipinski definition) is 6. The van der Waals surface area contributed by atoms with Crippen molar-refractivity contribution in [2.75, 3.05) is 38.6 Å². The number of carbonyl (C=O) groups excluding carboxylic acids is 2. The van der Waals surface area contributed by atoms with Crippen LogP contribution in [0.3, 0.4) is 0 Å². The topological polar surface area (TPSA) is 88.5 Å². The average molecular weight is 574 g/mol. The normalized spacial score (nSPS) is 12.7. The molecule has 8 heteroatoms. The van der Waals surface area contributed by atoms with Crippen LogP contribution in [0.4, 0.5) is 5.95 Å². The number of methoxy groups -OCH3 is 1. The highest BCUT2D eigenvalue weighted by Gasteiger charge is 2.27. The summed E-state index contributed by atoms with van der Waals surface area (Å²) < 4.78 is 7.20. The highest BCUT2D eigenvalue weighted by molar-refractivity contribution is 5.98. The Bertz CT molecular complexity index is 1020. The zero-order valence-corrected chi connectivity index (χ0v) is 27.7. The van der Waals surface area contributed by atoms with Crippen LogP contribution in [0.25, 0.3) is 11.0 Å². The second-order valence-corrected chi connectivity index (χ2v) is 11.9. The minimum Gasteiger partial charge on any atom is -0.467 e. The lowest BCUT2D eigenvalue weighted by molar-refractivity contribution is -0.142. The maximum absolute atomic E-state index is 13.7. The van der Waals surface area contributed by atoms with Crippen LogP contribution < -0.4 is 10.6 Å². The molecule has 0 bridgehead atoms.